The molecular weight excluding hydrogens is 502 g/mol. The summed E-state index contributed by atoms with van der Waals surface area (Å²) in [4.78, 5) is 0. The molecule has 1 aromatic carbocycles. The number of phenols is 2. The summed E-state index contributed by atoms with van der Waals surface area (Å²) in [6.07, 6.45) is 11.5. The van der Waals surface area contributed by atoms with E-state index in [0.29, 0.717) is 0 Å². The lowest BCUT2D eigenvalue weighted by atomic mass is 9.95. The maximum atomic E-state index is 10.4. The summed E-state index contributed by atoms with van der Waals surface area (Å²) in [5, 5.41) is 20.5. The van der Waals surface area contributed by atoms with E-state index in [1.54, 1.807) is 0 Å². The minimum absolute atomic E-state index is 0.0628. The van der Waals surface area contributed by atoms with Gasteiger partial charge in [-0.05, 0) is 76.4 Å². The van der Waals surface area contributed by atoms with Crippen molar-refractivity contribution in [3.05, 3.63) is 18.3 Å². The van der Waals surface area contributed by atoms with Crippen LogP contribution in [0, 0.1) is 7.14 Å². The summed E-state index contributed by atoms with van der Waals surface area (Å²) in [5.41, 5.74) is 2.24. The first-order valence-electron chi connectivity index (χ1n) is 8.45. The lowest BCUT2D eigenvalue weighted by molar-refractivity contribution is 0.394. The van der Waals surface area contributed by atoms with Crippen LogP contribution in [0.15, 0.2) is 0 Å². The molecule has 0 saturated carbocycles. The molecule has 0 saturated heterocycles. The first-order valence-corrected chi connectivity index (χ1v) is 10.6. The molecule has 0 amide bonds. The second-order valence-corrected chi connectivity index (χ2v) is 8.06. The molecule has 22 heavy (non-hydrogen) atoms. The average molecular weight is 530 g/mol. The molecule has 0 fully saturated rings. The van der Waals surface area contributed by atoms with Gasteiger partial charge in [0.1, 0.15) is 0 Å². The summed E-state index contributed by atoms with van der Waals surface area (Å²) < 4.78 is 1.91. The zero-order chi connectivity index (χ0) is 16.5. The quantitative estimate of drug-likeness (QED) is 0.205. The number of aromatic hydroxyl groups is 2. The van der Waals surface area contributed by atoms with Gasteiger partial charge in [0.05, 0.1) is 3.57 Å². The van der Waals surface area contributed by atoms with Crippen molar-refractivity contribution in [2.24, 2.45) is 0 Å². The van der Waals surface area contributed by atoms with E-state index in [4.69, 9.17) is 0 Å². The lowest BCUT2D eigenvalue weighted by Gasteiger charge is -2.17. The van der Waals surface area contributed by atoms with Gasteiger partial charge in [0, 0.05) is 9.13 Å². The standard InChI is InChI=1S/C18H28I2O2/c1-3-5-7-9-11-13-14(12-10-8-6-4-2)17(21)18(22)16(20)15(13)19/h21-22H,3-12H2,1-2H3. The van der Waals surface area contributed by atoms with Gasteiger partial charge in [-0.2, -0.15) is 0 Å². The Morgan fingerprint density at radius 3 is 1.64 bits per heavy atom. The van der Waals surface area contributed by atoms with E-state index in [1.807, 2.05) is 0 Å². The molecular formula is C18H28I2O2. The van der Waals surface area contributed by atoms with Crippen LogP contribution >= 0.6 is 45.2 Å². The molecule has 0 aliphatic carbocycles. The molecule has 0 aliphatic rings. The lowest BCUT2D eigenvalue weighted by Crippen LogP contribution is -2.02. The second-order valence-electron chi connectivity index (χ2n) is 5.90. The number of hydrogen-bond donors (Lipinski definition) is 2. The van der Waals surface area contributed by atoms with E-state index in [1.165, 1.54) is 44.1 Å². The molecule has 0 radical (unpaired) electrons. The normalized spacial score (nSPS) is 11.1. The second kappa shape index (κ2) is 10.9. The Hall–Kier alpha value is 0.280. The van der Waals surface area contributed by atoms with Crippen molar-refractivity contribution in [3.8, 4) is 11.5 Å². The summed E-state index contributed by atoms with van der Waals surface area (Å²) >= 11 is 4.46. The van der Waals surface area contributed by atoms with Crippen molar-refractivity contribution in [1.82, 2.24) is 0 Å². The van der Waals surface area contributed by atoms with Crippen molar-refractivity contribution in [1.29, 1.82) is 0 Å². The molecule has 0 aliphatic heterocycles. The van der Waals surface area contributed by atoms with Gasteiger partial charge < -0.3 is 10.2 Å². The fraction of sp³-hybridized carbons (Fsp3) is 0.667. The predicted molar refractivity (Wildman–Crippen MR) is 111 cm³/mol. The Balaban J connectivity index is 2.93. The highest BCUT2D eigenvalue weighted by Gasteiger charge is 2.20. The number of unbranched alkanes of at least 4 members (excludes halogenated alkanes) is 6. The molecule has 1 rings (SSSR count). The van der Waals surface area contributed by atoms with Crippen molar-refractivity contribution in [3.63, 3.8) is 0 Å². The highest BCUT2D eigenvalue weighted by molar-refractivity contribution is 14.1. The molecule has 4 heteroatoms. The van der Waals surface area contributed by atoms with E-state index in [-0.39, 0.29) is 11.5 Å². The van der Waals surface area contributed by atoms with E-state index >= 15 is 0 Å². The maximum Gasteiger partial charge on any atom is 0.172 e. The van der Waals surface area contributed by atoms with Gasteiger partial charge in [0.25, 0.3) is 0 Å². The largest absolute Gasteiger partial charge is 0.504 e. The zero-order valence-corrected chi connectivity index (χ0v) is 18.0. The topological polar surface area (TPSA) is 40.5 Å². The van der Waals surface area contributed by atoms with Gasteiger partial charge >= 0.3 is 0 Å². The van der Waals surface area contributed by atoms with E-state index in [2.05, 4.69) is 59.0 Å². The molecule has 0 heterocycles. The highest BCUT2D eigenvalue weighted by atomic mass is 127. The highest BCUT2D eigenvalue weighted by Crippen LogP contribution is 2.41. The molecule has 0 spiro atoms. The molecule has 0 atom stereocenters. The molecule has 2 N–H and O–H groups in total. The van der Waals surface area contributed by atoms with Gasteiger partial charge in [-0.1, -0.05) is 52.4 Å². The average Bonchev–Trinajstić information content (AvgIpc) is 2.52. The number of rotatable bonds is 10. The SMILES string of the molecule is CCCCCCc1c(O)c(O)c(I)c(I)c1CCCCCC. The first kappa shape index (κ1) is 20.3. The van der Waals surface area contributed by atoms with Crippen molar-refractivity contribution in [2.45, 2.75) is 78.1 Å². The zero-order valence-electron chi connectivity index (χ0n) is 13.7. The van der Waals surface area contributed by atoms with Crippen molar-refractivity contribution < 1.29 is 10.2 Å². The number of phenolic OH excluding ortho intramolecular Hbond substituents is 2. The Bertz CT molecular complexity index is 430. The van der Waals surface area contributed by atoms with E-state index in [9.17, 15) is 10.2 Å². The van der Waals surface area contributed by atoms with Gasteiger partial charge in [0.15, 0.2) is 11.5 Å². The summed E-state index contributed by atoms with van der Waals surface area (Å²) in [5.74, 6) is 0.180. The molecule has 0 bridgehead atoms. The van der Waals surface area contributed by atoms with Gasteiger partial charge in [-0.25, -0.2) is 0 Å². The van der Waals surface area contributed by atoms with Crippen LogP contribution < -0.4 is 0 Å². The van der Waals surface area contributed by atoms with Crippen LogP contribution in [-0.2, 0) is 12.8 Å². The van der Waals surface area contributed by atoms with Crippen LogP contribution in [0.2, 0.25) is 0 Å². The Labute approximate surface area is 162 Å². The Morgan fingerprint density at radius 1 is 0.636 bits per heavy atom. The molecule has 2 nitrogen and oxygen atoms in total. The van der Waals surface area contributed by atoms with Crippen molar-refractivity contribution in [2.75, 3.05) is 0 Å². The fourth-order valence-electron chi connectivity index (χ4n) is 2.75. The minimum atomic E-state index is 0.0628. The smallest absolute Gasteiger partial charge is 0.172 e. The molecule has 126 valence electrons. The first-order chi connectivity index (χ1) is 10.5. The van der Waals surface area contributed by atoms with Crippen LogP contribution in [0.25, 0.3) is 0 Å². The van der Waals surface area contributed by atoms with Crippen LogP contribution in [0.5, 0.6) is 11.5 Å². The van der Waals surface area contributed by atoms with Gasteiger partial charge in [-0.15, -0.1) is 0 Å². The van der Waals surface area contributed by atoms with Crippen LogP contribution in [-0.4, -0.2) is 10.2 Å². The predicted octanol–water partition coefficient (Wildman–Crippen LogP) is 6.55. The summed E-state index contributed by atoms with van der Waals surface area (Å²) in [6, 6.07) is 0. The number of halogens is 2. The number of benzene rings is 1. The minimum Gasteiger partial charge on any atom is -0.504 e. The Kier molecular flexibility index (Phi) is 10.1. The molecule has 0 aromatic heterocycles. The summed E-state index contributed by atoms with van der Waals surface area (Å²) in [7, 11) is 0. The van der Waals surface area contributed by atoms with E-state index in [0.717, 1.165) is 38.4 Å². The summed E-state index contributed by atoms with van der Waals surface area (Å²) in [6.45, 7) is 4.43. The third kappa shape index (κ3) is 5.73. The molecule has 0 unspecified atom stereocenters. The van der Waals surface area contributed by atoms with Crippen molar-refractivity contribution >= 4 is 45.2 Å². The third-order valence-electron chi connectivity index (χ3n) is 4.10. The van der Waals surface area contributed by atoms with E-state index < -0.39 is 0 Å². The monoisotopic (exact) mass is 530 g/mol. The third-order valence-corrected chi connectivity index (χ3v) is 7.37. The van der Waals surface area contributed by atoms with Crippen LogP contribution in [0.1, 0.15) is 76.3 Å². The molecule has 1 aromatic rings. The fourth-order valence-corrected chi connectivity index (χ4v) is 4.18. The maximum absolute atomic E-state index is 10.4. The Morgan fingerprint density at radius 2 is 1.14 bits per heavy atom. The number of hydrogen-bond acceptors (Lipinski definition) is 2. The van der Waals surface area contributed by atoms with Crippen LogP contribution in [0.3, 0.4) is 0 Å². The van der Waals surface area contributed by atoms with Gasteiger partial charge in [-0.3, -0.25) is 0 Å². The van der Waals surface area contributed by atoms with Crippen LogP contribution in [0.4, 0.5) is 0 Å². The van der Waals surface area contributed by atoms with Gasteiger partial charge in [0.2, 0.25) is 0 Å².